The number of rotatable bonds is 5. The third-order valence-electron chi connectivity index (χ3n) is 15.5. The van der Waals surface area contributed by atoms with Crippen molar-refractivity contribution in [3.05, 3.63) is 199 Å². The topological polar surface area (TPSA) is 59.0 Å². The van der Waals surface area contributed by atoms with Crippen molar-refractivity contribution in [1.82, 2.24) is 0 Å². The summed E-state index contributed by atoms with van der Waals surface area (Å²) in [5.41, 5.74) is 22.3. The van der Waals surface area contributed by atoms with E-state index in [1.807, 2.05) is 48.9 Å². The molecule has 73 heavy (non-hydrogen) atoms. The minimum atomic E-state index is -0.223. The minimum absolute atomic E-state index is 0.0914. The average Bonchev–Trinajstić information content (AvgIpc) is 4.20. The Morgan fingerprint density at radius 3 is 1.74 bits per heavy atom. The third-order valence-corrected chi connectivity index (χ3v) is 15.5. The van der Waals surface area contributed by atoms with Crippen LogP contribution in [0.2, 0.25) is 0 Å². The molecule has 4 aromatic heterocycles. The van der Waals surface area contributed by atoms with E-state index in [-0.39, 0.29) is 17.5 Å². The lowest BCUT2D eigenvalue weighted by molar-refractivity contribution is 0.588. The SMILES string of the molecule is Cc1cc(-c2cc3ccccc3o2)cc(C)c1N1c2cc(C(C)(C)C)cc3c2B(c2ccc(-c4coc5ccccc45)cc2N3c2cccc(-c3coc4ccccc34)c2)c2c1oc1ccc(C(C)(C)C)cc21. The van der Waals surface area contributed by atoms with Gasteiger partial charge in [0.15, 0.2) is 0 Å². The fourth-order valence-electron chi connectivity index (χ4n) is 11.9. The van der Waals surface area contributed by atoms with Crippen LogP contribution in [-0.2, 0) is 10.8 Å². The van der Waals surface area contributed by atoms with Crippen molar-refractivity contribution in [3.8, 4) is 33.6 Å². The second-order valence-corrected chi connectivity index (χ2v) is 22.3. The van der Waals surface area contributed by atoms with Gasteiger partial charge >= 0.3 is 0 Å². The predicted molar refractivity (Wildman–Crippen MR) is 303 cm³/mol. The van der Waals surface area contributed by atoms with E-state index in [9.17, 15) is 0 Å². The van der Waals surface area contributed by atoms with Crippen molar-refractivity contribution < 1.29 is 17.7 Å². The largest absolute Gasteiger partial charge is 0.464 e. The Labute approximate surface area is 425 Å². The Bertz CT molecular complexity index is 4190. The molecule has 0 saturated carbocycles. The number of anilines is 6. The van der Waals surface area contributed by atoms with Crippen LogP contribution in [0.25, 0.3) is 77.5 Å². The van der Waals surface area contributed by atoms with E-state index < -0.39 is 0 Å². The van der Waals surface area contributed by atoms with Crippen molar-refractivity contribution in [1.29, 1.82) is 0 Å². The van der Waals surface area contributed by atoms with Crippen LogP contribution in [0.5, 0.6) is 0 Å². The quantitative estimate of drug-likeness (QED) is 0.160. The zero-order valence-electron chi connectivity index (χ0n) is 42.3. The molecule has 0 spiro atoms. The second-order valence-electron chi connectivity index (χ2n) is 22.3. The lowest BCUT2D eigenvalue weighted by Crippen LogP contribution is -2.61. The van der Waals surface area contributed by atoms with E-state index in [0.717, 1.165) is 123 Å². The van der Waals surface area contributed by atoms with Gasteiger partial charge in [0.1, 0.15) is 28.1 Å². The molecule has 0 aliphatic carbocycles. The van der Waals surface area contributed by atoms with Gasteiger partial charge in [0.2, 0.25) is 5.88 Å². The summed E-state index contributed by atoms with van der Waals surface area (Å²) in [4.78, 5) is 4.97. The molecule has 0 N–H and O–H groups in total. The van der Waals surface area contributed by atoms with Crippen LogP contribution in [-0.4, -0.2) is 6.71 Å². The molecule has 0 bridgehead atoms. The molecular weight excluding hydrogens is 896 g/mol. The number of benzene rings is 8. The second kappa shape index (κ2) is 15.5. The summed E-state index contributed by atoms with van der Waals surface area (Å²) in [6.45, 7) is 18.1. The van der Waals surface area contributed by atoms with E-state index in [1.54, 1.807) is 0 Å². The highest BCUT2D eigenvalue weighted by Crippen LogP contribution is 2.51. The number of fused-ring (bicyclic) bond motifs is 9. The Kier molecular flexibility index (Phi) is 9.24. The molecule has 2 aliphatic rings. The van der Waals surface area contributed by atoms with Gasteiger partial charge in [0.25, 0.3) is 6.71 Å². The summed E-state index contributed by atoms with van der Waals surface area (Å²) in [6.07, 6.45) is 3.81. The summed E-state index contributed by atoms with van der Waals surface area (Å²) in [5.74, 6) is 1.70. The van der Waals surface area contributed by atoms with Crippen LogP contribution < -0.4 is 26.2 Å². The van der Waals surface area contributed by atoms with Gasteiger partial charge in [-0.15, -0.1) is 0 Å². The molecule has 0 atom stereocenters. The molecule has 354 valence electrons. The standard InChI is InChI=1S/C66H53BN2O4/c1-38-28-43(60-32-42-16-9-12-21-56(42)72-60)29-39(2)63(38)69-55-35-45(66(6,7)8)34-54-62(55)67(61-49-33-44(65(3,4)5)25-27-59(49)73-64(61)69)52-26-24-41(51-37-71-58-23-14-11-20-48(51)58)31-53(52)68(54)46-18-15-17-40(30-46)50-36-70-57-22-13-10-19-47(50)57/h9-37H,1-8H3. The summed E-state index contributed by atoms with van der Waals surface area (Å²) < 4.78 is 26.3. The number of hydrogen-bond acceptors (Lipinski definition) is 6. The maximum atomic E-state index is 7.39. The van der Waals surface area contributed by atoms with Gasteiger partial charge in [-0.25, -0.2) is 0 Å². The van der Waals surface area contributed by atoms with Gasteiger partial charge in [-0.05, 0) is 148 Å². The van der Waals surface area contributed by atoms with Gasteiger partial charge in [0.05, 0.1) is 18.2 Å². The van der Waals surface area contributed by atoms with Gasteiger partial charge < -0.3 is 22.6 Å². The van der Waals surface area contributed by atoms with E-state index >= 15 is 0 Å². The first-order valence-corrected chi connectivity index (χ1v) is 25.4. The Morgan fingerprint density at radius 2 is 1.07 bits per heavy atom. The molecule has 14 rings (SSSR count). The highest BCUT2D eigenvalue weighted by Gasteiger charge is 2.47. The van der Waals surface area contributed by atoms with Crippen molar-refractivity contribution in [2.75, 3.05) is 9.80 Å². The summed E-state index contributed by atoms with van der Waals surface area (Å²) in [7, 11) is 0. The summed E-state index contributed by atoms with van der Waals surface area (Å²) in [6, 6.07) is 59.3. The number of nitrogens with zero attached hydrogens (tertiary/aromatic N) is 2. The molecule has 2 aliphatic heterocycles. The number of para-hydroxylation sites is 3. The van der Waals surface area contributed by atoms with Crippen molar-refractivity contribution in [3.63, 3.8) is 0 Å². The van der Waals surface area contributed by atoms with E-state index in [2.05, 4.69) is 193 Å². The fourth-order valence-corrected chi connectivity index (χ4v) is 11.9. The predicted octanol–water partition coefficient (Wildman–Crippen LogP) is 17.0. The highest BCUT2D eigenvalue weighted by molar-refractivity contribution is 7.01. The number of aryl methyl sites for hydroxylation is 2. The Balaban J connectivity index is 1.08. The average molecular weight is 949 g/mol. The highest BCUT2D eigenvalue weighted by atomic mass is 16.4. The van der Waals surface area contributed by atoms with Crippen molar-refractivity contribution >= 4 is 101 Å². The first-order chi connectivity index (χ1) is 35.3. The molecule has 0 fully saturated rings. The molecule has 6 heterocycles. The van der Waals surface area contributed by atoms with Crippen LogP contribution in [0, 0.1) is 13.8 Å². The molecular formula is C66H53BN2O4. The lowest BCUT2D eigenvalue weighted by Gasteiger charge is -2.44. The Morgan fingerprint density at radius 1 is 0.438 bits per heavy atom. The molecule has 0 saturated heterocycles. The molecule has 8 aromatic carbocycles. The van der Waals surface area contributed by atoms with E-state index in [1.165, 1.54) is 27.5 Å². The van der Waals surface area contributed by atoms with Gasteiger partial charge in [-0.2, -0.15) is 0 Å². The third kappa shape index (κ3) is 6.64. The van der Waals surface area contributed by atoms with Gasteiger partial charge in [0, 0.05) is 66.4 Å². The molecule has 12 aromatic rings. The van der Waals surface area contributed by atoms with Gasteiger partial charge in [-0.1, -0.05) is 126 Å². The summed E-state index contributed by atoms with van der Waals surface area (Å²) in [5, 5.41) is 4.38. The lowest BCUT2D eigenvalue weighted by atomic mass is 9.33. The zero-order chi connectivity index (χ0) is 49.7. The normalized spacial score (nSPS) is 13.4. The molecule has 7 heteroatoms. The van der Waals surface area contributed by atoms with E-state index in [0.29, 0.717) is 0 Å². The minimum Gasteiger partial charge on any atom is -0.464 e. The van der Waals surface area contributed by atoms with Crippen molar-refractivity contribution in [2.45, 2.75) is 66.2 Å². The monoisotopic (exact) mass is 948 g/mol. The van der Waals surface area contributed by atoms with Crippen molar-refractivity contribution in [2.24, 2.45) is 0 Å². The maximum Gasteiger partial charge on any atom is 0.257 e. The molecule has 0 amide bonds. The number of hydrogen-bond donors (Lipinski definition) is 0. The van der Waals surface area contributed by atoms with Crippen LogP contribution in [0.3, 0.4) is 0 Å². The maximum absolute atomic E-state index is 7.39. The Hall–Kier alpha value is -8.42. The summed E-state index contributed by atoms with van der Waals surface area (Å²) >= 11 is 0. The molecule has 0 radical (unpaired) electrons. The van der Waals surface area contributed by atoms with Crippen LogP contribution in [0.15, 0.2) is 194 Å². The van der Waals surface area contributed by atoms with Crippen LogP contribution in [0.1, 0.15) is 63.8 Å². The van der Waals surface area contributed by atoms with Crippen LogP contribution >= 0.6 is 0 Å². The smallest absolute Gasteiger partial charge is 0.257 e. The molecule has 0 unspecified atom stereocenters. The number of furan rings is 4. The first kappa shape index (κ1) is 43.4. The molecule has 6 nitrogen and oxygen atoms in total. The fraction of sp³-hybridized carbons (Fsp3) is 0.152. The van der Waals surface area contributed by atoms with Crippen LogP contribution in [0.4, 0.5) is 34.3 Å². The first-order valence-electron chi connectivity index (χ1n) is 25.4. The van der Waals surface area contributed by atoms with Gasteiger partial charge in [-0.3, -0.25) is 4.90 Å². The zero-order valence-corrected chi connectivity index (χ0v) is 42.3. The van der Waals surface area contributed by atoms with E-state index in [4.69, 9.17) is 17.7 Å².